The minimum Gasteiger partial charge on any atom is -0.0882 e. The molecular weight excluding hydrogens is 508 g/mol. The minimum absolute atomic E-state index is 0.877. The molecule has 0 aromatic heterocycles. The molecule has 0 unspecified atom stereocenters. The van der Waals surface area contributed by atoms with Gasteiger partial charge in [0.15, 0.2) is 6.54 Å². The average molecular weight is 574 g/mol. The van der Waals surface area contributed by atoms with E-state index in [1.165, 1.54) is 138 Å². The Labute approximate surface area is 261 Å². The lowest BCUT2D eigenvalue weighted by atomic mass is 9.94. The molecule has 0 amide bonds. The predicted molar refractivity (Wildman–Crippen MR) is 186 cm³/mol. The highest BCUT2D eigenvalue weighted by molar-refractivity contribution is 5.53. The third-order valence-electron chi connectivity index (χ3n) is 8.68. The zero-order valence-electron chi connectivity index (χ0n) is 28.6. The van der Waals surface area contributed by atoms with Crippen LogP contribution in [0.25, 0.3) is 6.08 Å². The zero-order chi connectivity index (χ0) is 30.4. The van der Waals surface area contributed by atoms with Crippen molar-refractivity contribution in [1.82, 2.24) is 0 Å². The van der Waals surface area contributed by atoms with Crippen molar-refractivity contribution in [3.63, 3.8) is 0 Å². The number of hydrogen-bond acceptors (Lipinski definition) is 1. The molecule has 0 atom stereocenters. The van der Waals surface area contributed by atoms with Crippen molar-refractivity contribution in [2.45, 2.75) is 164 Å². The maximum atomic E-state index is 5.20. The maximum absolute atomic E-state index is 5.20. The van der Waals surface area contributed by atoms with E-state index in [4.69, 9.17) is 5.11 Å². The standard InChI is InChI=1S/C40H65N2/c1-7-13-17-19-20-22-25-37-31-34(27-28-35(37)23-15-9-3)32-40(11-5)42(12-6)41-39-30-29-36(24-16-10-4)38(33-39)26-21-18-14-8-2/h27-33H,7-26H2,1-6H3/q+1. The summed E-state index contributed by atoms with van der Waals surface area (Å²) in [5, 5.41) is 5.20. The normalized spacial score (nSPS) is 12.3. The van der Waals surface area contributed by atoms with Gasteiger partial charge in [0.1, 0.15) is 5.69 Å². The Morgan fingerprint density at radius 2 is 1.05 bits per heavy atom. The Morgan fingerprint density at radius 3 is 1.62 bits per heavy atom. The summed E-state index contributed by atoms with van der Waals surface area (Å²) in [5.74, 6) is 0. The number of nitrogens with zero attached hydrogens (tertiary/aromatic N) is 2. The van der Waals surface area contributed by atoms with Crippen LogP contribution in [0, 0.1) is 0 Å². The molecule has 0 saturated heterocycles. The molecule has 0 spiro atoms. The van der Waals surface area contributed by atoms with Crippen LogP contribution in [0.4, 0.5) is 5.69 Å². The first-order valence-electron chi connectivity index (χ1n) is 18.0. The molecule has 42 heavy (non-hydrogen) atoms. The summed E-state index contributed by atoms with van der Waals surface area (Å²) in [5.41, 5.74) is 9.90. The third kappa shape index (κ3) is 13.4. The fourth-order valence-electron chi connectivity index (χ4n) is 5.96. The fourth-order valence-corrected chi connectivity index (χ4v) is 5.96. The van der Waals surface area contributed by atoms with E-state index < -0.39 is 0 Å². The van der Waals surface area contributed by atoms with Crippen molar-refractivity contribution < 1.29 is 4.70 Å². The Hall–Kier alpha value is -2.22. The Balaban J connectivity index is 2.30. The van der Waals surface area contributed by atoms with E-state index in [1.807, 2.05) is 0 Å². The molecule has 0 fully saturated rings. The molecule has 0 bridgehead atoms. The highest BCUT2D eigenvalue weighted by Crippen LogP contribution is 2.25. The predicted octanol–water partition coefficient (Wildman–Crippen LogP) is 13.0. The summed E-state index contributed by atoms with van der Waals surface area (Å²) in [6, 6.07) is 14.2. The summed E-state index contributed by atoms with van der Waals surface area (Å²) in [6.45, 7) is 14.6. The summed E-state index contributed by atoms with van der Waals surface area (Å²) in [4.78, 5) is 0. The molecule has 0 N–H and O–H groups in total. The van der Waals surface area contributed by atoms with Crippen molar-refractivity contribution in [3.8, 4) is 0 Å². The molecule has 0 radical (unpaired) electrons. The molecule has 0 heterocycles. The molecule has 234 valence electrons. The first-order valence-corrected chi connectivity index (χ1v) is 18.0. The van der Waals surface area contributed by atoms with E-state index in [0.717, 1.165) is 18.7 Å². The van der Waals surface area contributed by atoms with Crippen LogP contribution < -0.4 is 0 Å². The smallest absolute Gasteiger partial charge is 0.0882 e. The Kier molecular flexibility index (Phi) is 19.1. The molecule has 0 aliphatic heterocycles. The van der Waals surface area contributed by atoms with Gasteiger partial charge in [-0.1, -0.05) is 128 Å². The first-order chi connectivity index (χ1) is 20.6. The highest BCUT2D eigenvalue weighted by atomic mass is 15.3. The van der Waals surface area contributed by atoms with Gasteiger partial charge in [0.25, 0.3) is 0 Å². The molecule has 2 aromatic carbocycles. The van der Waals surface area contributed by atoms with Gasteiger partial charge in [0.2, 0.25) is 5.70 Å². The summed E-state index contributed by atoms with van der Waals surface area (Å²) in [6.07, 6.45) is 26.6. The van der Waals surface area contributed by atoms with Crippen molar-refractivity contribution in [1.29, 1.82) is 0 Å². The van der Waals surface area contributed by atoms with Gasteiger partial charge in [-0.2, -0.15) is 0 Å². The SMILES string of the molecule is CCCCCCCCc1cc(C=C(CC)[N+](CC)=Nc2ccc(CCCC)c(CCCCCC)c2)ccc1CCCC. The second kappa shape index (κ2) is 22.3. The number of allylic oxidation sites excluding steroid dienone is 1. The summed E-state index contributed by atoms with van der Waals surface area (Å²) in [7, 11) is 0. The molecule has 2 nitrogen and oxygen atoms in total. The van der Waals surface area contributed by atoms with Crippen LogP contribution in [0.5, 0.6) is 0 Å². The van der Waals surface area contributed by atoms with Gasteiger partial charge in [-0.25, -0.2) is 0 Å². The lowest BCUT2D eigenvalue weighted by molar-refractivity contribution is -0.539. The Bertz CT molecular complexity index is 1060. The summed E-state index contributed by atoms with van der Waals surface area (Å²) < 4.78 is 2.24. The molecule has 0 aliphatic rings. The number of aryl methyl sites for hydroxylation is 4. The van der Waals surface area contributed by atoms with Crippen LogP contribution >= 0.6 is 0 Å². The van der Waals surface area contributed by atoms with Crippen LogP contribution in [0.3, 0.4) is 0 Å². The Morgan fingerprint density at radius 1 is 0.548 bits per heavy atom. The quantitative estimate of drug-likeness (QED) is 0.0713. The van der Waals surface area contributed by atoms with Gasteiger partial charge in [0, 0.05) is 12.5 Å². The molecule has 0 saturated carbocycles. The van der Waals surface area contributed by atoms with Crippen molar-refractivity contribution in [2.75, 3.05) is 6.54 Å². The maximum Gasteiger partial charge on any atom is 0.208 e. The van der Waals surface area contributed by atoms with Crippen LogP contribution in [-0.2, 0) is 25.7 Å². The van der Waals surface area contributed by atoms with Gasteiger partial charge in [0.05, 0.1) is 0 Å². The molecular formula is C40H65N2+. The van der Waals surface area contributed by atoms with Gasteiger partial charge in [-0.15, -0.1) is 0 Å². The van der Waals surface area contributed by atoms with Gasteiger partial charge in [-0.3, -0.25) is 0 Å². The average Bonchev–Trinajstić information content (AvgIpc) is 3.01. The van der Waals surface area contributed by atoms with Crippen LogP contribution in [-0.4, -0.2) is 11.2 Å². The van der Waals surface area contributed by atoms with Crippen LogP contribution in [0.1, 0.15) is 166 Å². The minimum atomic E-state index is 0.877. The van der Waals surface area contributed by atoms with Gasteiger partial charge in [-0.05, 0) is 103 Å². The second-order valence-electron chi connectivity index (χ2n) is 12.3. The first kappa shape index (κ1) is 36.0. The monoisotopic (exact) mass is 574 g/mol. The fraction of sp³-hybridized carbons (Fsp3) is 0.650. The largest absolute Gasteiger partial charge is 0.208 e. The van der Waals surface area contributed by atoms with E-state index in [9.17, 15) is 0 Å². The van der Waals surface area contributed by atoms with Crippen molar-refractivity contribution in [2.24, 2.45) is 5.11 Å². The van der Waals surface area contributed by atoms with E-state index >= 15 is 0 Å². The topological polar surface area (TPSA) is 15.4 Å². The van der Waals surface area contributed by atoms with Crippen LogP contribution in [0.2, 0.25) is 0 Å². The third-order valence-corrected chi connectivity index (χ3v) is 8.68. The molecule has 0 aliphatic carbocycles. The van der Waals surface area contributed by atoms with Crippen molar-refractivity contribution >= 4 is 11.8 Å². The number of azo groups is 2. The highest BCUT2D eigenvalue weighted by Gasteiger charge is 2.14. The summed E-state index contributed by atoms with van der Waals surface area (Å²) >= 11 is 0. The molecule has 2 heteroatoms. The number of hydrogen-bond donors (Lipinski definition) is 0. The number of benzene rings is 2. The number of unbranched alkanes of at least 4 members (excludes halogenated alkanes) is 10. The van der Waals surface area contributed by atoms with Gasteiger partial charge >= 0.3 is 0 Å². The van der Waals surface area contributed by atoms with E-state index in [-0.39, 0.29) is 0 Å². The lowest BCUT2D eigenvalue weighted by Gasteiger charge is -2.12. The lowest BCUT2D eigenvalue weighted by Crippen LogP contribution is -2.08. The second-order valence-corrected chi connectivity index (χ2v) is 12.3. The zero-order valence-corrected chi connectivity index (χ0v) is 28.6. The van der Waals surface area contributed by atoms with Gasteiger partial charge < -0.3 is 0 Å². The van der Waals surface area contributed by atoms with E-state index in [0.29, 0.717) is 0 Å². The van der Waals surface area contributed by atoms with E-state index in [1.54, 1.807) is 11.1 Å². The van der Waals surface area contributed by atoms with E-state index in [2.05, 4.69) is 88.7 Å². The van der Waals surface area contributed by atoms with Crippen LogP contribution in [0.15, 0.2) is 47.2 Å². The molecule has 2 rings (SSSR count). The van der Waals surface area contributed by atoms with Crippen molar-refractivity contribution in [3.05, 3.63) is 69.9 Å². The molecule has 2 aromatic rings. The number of rotatable bonds is 23.